The van der Waals surface area contributed by atoms with E-state index in [1.54, 1.807) is 13.0 Å². The third kappa shape index (κ3) is 4.06. The van der Waals surface area contributed by atoms with Gasteiger partial charge in [-0.2, -0.15) is 8.42 Å². The highest BCUT2D eigenvalue weighted by molar-refractivity contribution is 7.90. The number of halogens is 2. The van der Waals surface area contributed by atoms with Crippen molar-refractivity contribution in [3.8, 4) is 0 Å². The molecule has 1 heterocycles. The van der Waals surface area contributed by atoms with Crippen LogP contribution in [0.4, 0.5) is 8.78 Å². The Morgan fingerprint density at radius 3 is 2.56 bits per heavy atom. The molecule has 0 aliphatic heterocycles. The van der Waals surface area contributed by atoms with E-state index < -0.39 is 34.2 Å². The molecule has 0 bridgehead atoms. The van der Waals surface area contributed by atoms with E-state index in [4.69, 9.17) is 4.74 Å². The van der Waals surface area contributed by atoms with Crippen molar-refractivity contribution in [2.45, 2.75) is 18.4 Å². The number of carbonyl (C=O) groups is 1. The van der Waals surface area contributed by atoms with Crippen molar-refractivity contribution in [3.63, 3.8) is 0 Å². The average Bonchev–Trinajstić information content (AvgIpc) is 2.93. The second-order valence-corrected chi connectivity index (χ2v) is 8.00. The third-order valence-corrected chi connectivity index (χ3v) is 5.99. The molecule has 0 spiro atoms. The van der Waals surface area contributed by atoms with E-state index in [0.29, 0.717) is 4.70 Å². The summed E-state index contributed by atoms with van der Waals surface area (Å²) in [5.41, 5.74) is 0.0589. The van der Waals surface area contributed by atoms with Crippen LogP contribution >= 0.6 is 11.3 Å². The molecule has 6 nitrogen and oxygen atoms in total. The molecule has 0 aliphatic rings. The fourth-order valence-electron chi connectivity index (χ4n) is 2.40. The topological polar surface area (TPSA) is 77.7 Å². The fourth-order valence-corrected chi connectivity index (χ4v) is 4.65. The van der Waals surface area contributed by atoms with Crippen molar-refractivity contribution < 1.29 is 26.7 Å². The Hall–Kier alpha value is -2.59. The predicted octanol–water partition coefficient (Wildman–Crippen LogP) is 2.83. The van der Waals surface area contributed by atoms with Crippen LogP contribution in [-0.4, -0.2) is 25.6 Å². The number of hydrogen-bond acceptors (Lipinski definition) is 5. The van der Waals surface area contributed by atoms with Crippen LogP contribution in [0.1, 0.15) is 6.92 Å². The first-order valence-corrected chi connectivity index (χ1v) is 10.1. The molecule has 0 N–H and O–H groups in total. The van der Waals surface area contributed by atoms with Crippen molar-refractivity contribution in [1.29, 1.82) is 0 Å². The van der Waals surface area contributed by atoms with Gasteiger partial charge in [-0.3, -0.25) is 4.79 Å². The number of nitrogens with zero attached hydrogens (tertiary/aromatic N) is 2. The largest absolute Gasteiger partial charge is 0.465 e. The summed E-state index contributed by atoms with van der Waals surface area (Å²) in [6.07, 6.45) is 0. The first kappa shape index (κ1) is 19.2. The maximum Gasteiger partial charge on any atom is 0.326 e. The smallest absolute Gasteiger partial charge is 0.326 e. The molecular formula is C17H14F2N2O4S2. The average molecular weight is 412 g/mol. The highest BCUT2D eigenvalue weighted by Gasteiger charge is 2.18. The number of aromatic nitrogens is 1. The zero-order chi connectivity index (χ0) is 19.6. The zero-order valence-electron chi connectivity index (χ0n) is 14.1. The van der Waals surface area contributed by atoms with Gasteiger partial charge in [0.05, 0.1) is 21.7 Å². The first-order valence-electron chi connectivity index (χ1n) is 7.82. The Balaban J connectivity index is 2.20. The molecule has 0 saturated carbocycles. The molecule has 2 aromatic carbocycles. The van der Waals surface area contributed by atoms with E-state index in [9.17, 15) is 22.0 Å². The minimum Gasteiger partial charge on any atom is -0.465 e. The van der Waals surface area contributed by atoms with Gasteiger partial charge in [-0.05, 0) is 43.3 Å². The van der Waals surface area contributed by atoms with Crippen molar-refractivity contribution in [2.75, 3.05) is 6.61 Å². The Bertz CT molecular complexity index is 1170. The lowest BCUT2D eigenvalue weighted by atomic mass is 10.3. The van der Waals surface area contributed by atoms with Crippen LogP contribution < -0.4 is 4.80 Å². The van der Waals surface area contributed by atoms with Crippen LogP contribution in [0.2, 0.25) is 0 Å². The molecule has 10 heteroatoms. The highest BCUT2D eigenvalue weighted by Crippen LogP contribution is 2.21. The second kappa shape index (κ2) is 7.57. The molecule has 0 saturated heterocycles. The minimum absolute atomic E-state index is 0.0589. The Labute approximate surface area is 157 Å². The van der Waals surface area contributed by atoms with Crippen molar-refractivity contribution in [2.24, 2.45) is 4.40 Å². The first-order chi connectivity index (χ1) is 12.8. The summed E-state index contributed by atoms with van der Waals surface area (Å²) >= 11 is 0.918. The number of rotatable bonds is 5. The Morgan fingerprint density at radius 2 is 1.89 bits per heavy atom. The highest BCUT2D eigenvalue weighted by atomic mass is 32.2. The lowest BCUT2D eigenvalue weighted by Crippen LogP contribution is -2.23. The number of thiazole rings is 1. The van der Waals surface area contributed by atoms with Crippen LogP contribution in [0.3, 0.4) is 0 Å². The molecule has 0 fully saturated rings. The van der Waals surface area contributed by atoms with E-state index >= 15 is 0 Å². The summed E-state index contributed by atoms with van der Waals surface area (Å²) in [5, 5.41) is 0. The molecule has 0 aliphatic carbocycles. The molecule has 3 aromatic rings. The van der Waals surface area contributed by atoms with Crippen molar-refractivity contribution in [1.82, 2.24) is 4.57 Å². The number of carbonyl (C=O) groups excluding carboxylic acids is 1. The SMILES string of the molecule is CCOC(=O)Cn1/c(=N/S(=O)(=O)c2ccc(F)cc2)sc2cccc(F)c21. The molecular weight excluding hydrogens is 398 g/mol. The van der Waals surface area contributed by atoms with Crippen LogP contribution in [-0.2, 0) is 26.1 Å². The van der Waals surface area contributed by atoms with Crippen LogP contribution in [0.15, 0.2) is 51.8 Å². The molecule has 0 radical (unpaired) electrons. The number of benzene rings is 2. The van der Waals surface area contributed by atoms with Gasteiger partial charge in [0.1, 0.15) is 18.2 Å². The maximum absolute atomic E-state index is 14.3. The van der Waals surface area contributed by atoms with Crippen molar-refractivity contribution >= 4 is 37.5 Å². The van der Waals surface area contributed by atoms with Crippen LogP contribution in [0, 0.1) is 11.6 Å². The summed E-state index contributed by atoms with van der Waals surface area (Å²) in [5.74, 6) is -1.86. The van der Waals surface area contributed by atoms with Gasteiger partial charge in [0.2, 0.25) is 4.80 Å². The summed E-state index contributed by atoms with van der Waals surface area (Å²) < 4.78 is 62.6. The lowest BCUT2D eigenvalue weighted by molar-refractivity contribution is -0.143. The van der Waals surface area contributed by atoms with Gasteiger partial charge in [-0.25, -0.2) is 8.78 Å². The lowest BCUT2D eigenvalue weighted by Gasteiger charge is -2.06. The van der Waals surface area contributed by atoms with Crippen LogP contribution in [0.5, 0.6) is 0 Å². The normalized spacial score (nSPS) is 12.5. The molecule has 142 valence electrons. The fraction of sp³-hybridized carbons (Fsp3) is 0.176. The zero-order valence-corrected chi connectivity index (χ0v) is 15.7. The summed E-state index contributed by atoms with van der Waals surface area (Å²) in [4.78, 5) is 11.6. The summed E-state index contributed by atoms with van der Waals surface area (Å²) in [6.45, 7) is 1.36. The number of esters is 1. The summed E-state index contributed by atoms with van der Waals surface area (Å²) in [6, 6.07) is 8.43. The van der Waals surface area contributed by atoms with Gasteiger partial charge in [-0.1, -0.05) is 17.4 Å². The number of ether oxygens (including phenoxy) is 1. The third-order valence-electron chi connectivity index (χ3n) is 3.55. The van der Waals surface area contributed by atoms with E-state index in [0.717, 1.165) is 40.2 Å². The number of hydrogen-bond donors (Lipinski definition) is 0. The molecule has 0 unspecified atom stereocenters. The monoisotopic (exact) mass is 412 g/mol. The Kier molecular flexibility index (Phi) is 5.38. The van der Waals surface area contributed by atoms with Gasteiger partial charge in [-0.15, -0.1) is 4.40 Å². The molecule has 0 amide bonds. The van der Waals surface area contributed by atoms with Gasteiger partial charge in [0.25, 0.3) is 10.0 Å². The number of fused-ring (bicyclic) bond motifs is 1. The molecule has 3 rings (SSSR count). The molecule has 27 heavy (non-hydrogen) atoms. The molecule has 1 aromatic heterocycles. The van der Waals surface area contributed by atoms with Gasteiger partial charge in [0.15, 0.2) is 0 Å². The van der Waals surface area contributed by atoms with E-state index in [-0.39, 0.29) is 21.8 Å². The van der Waals surface area contributed by atoms with Crippen molar-refractivity contribution in [3.05, 3.63) is 58.9 Å². The maximum atomic E-state index is 14.3. The predicted molar refractivity (Wildman–Crippen MR) is 95.6 cm³/mol. The quantitative estimate of drug-likeness (QED) is 0.604. The van der Waals surface area contributed by atoms with Crippen LogP contribution in [0.25, 0.3) is 10.2 Å². The van der Waals surface area contributed by atoms with Gasteiger partial charge in [0, 0.05) is 0 Å². The van der Waals surface area contributed by atoms with E-state index in [2.05, 4.69) is 4.40 Å². The second-order valence-electron chi connectivity index (χ2n) is 5.38. The molecule has 0 atom stereocenters. The van der Waals surface area contributed by atoms with Gasteiger partial charge < -0.3 is 9.30 Å². The summed E-state index contributed by atoms with van der Waals surface area (Å²) in [7, 11) is -4.19. The number of para-hydroxylation sites is 1. The van der Waals surface area contributed by atoms with E-state index in [1.165, 1.54) is 12.1 Å². The minimum atomic E-state index is -4.19. The van der Waals surface area contributed by atoms with E-state index in [1.807, 2.05) is 0 Å². The number of sulfonamides is 1. The Morgan fingerprint density at radius 1 is 1.19 bits per heavy atom. The standard InChI is InChI=1S/C17H14F2N2O4S2/c1-2-25-15(22)10-21-16-13(19)4-3-5-14(16)26-17(21)20-27(23,24)12-8-6-11(18)7-9-12/h3-9H,2,10H2,1H3/b20-17-. The van der Waals surface area contributed by atoms with Gasteiger partial charge >= 0.3 is 5.97 Å².